The zero-order valence-corrected chi connectivity index (χ0v) is 14.6. The van der Waals surface area contributed by atoms with Crippen LogP contribution in [0.1, 0.15) is 17.5 Å². The summed E-state index contributed by atoms with van der Waals surface area (Å²) in [7, 11) is 0. The van der Waals surface area contributed by atoms with E-state index in [4.69, 9.17) is 0 Å². The Kier molecular flexibility index (Phi) is 1.64. The third kappa shape index (κ3) is 0.936. The number of nitrogens with one attached hydrogen (secondary N) is 1. The van der Waals surface area contributed by atoms with Crippen molar-refractivity contribution in [1.29, 1.82) is 0 Å². The minimum Gasteiger partial charge on any atom is -0.354 e. The van der Waals surface area contributed by atoms with Gasteiger partial charge in [-0.3, -0.25) is 4.79 Å². The SMILES string of the molecule is O=C1NCC23CC12c1c2ccccc2n2sn4c5ccccc5c3c4c12. The first-order chi connectivity index (χ1) is 12.8. The normalized spacial score (nSPS) is 28.4. The molecule has 0 spiro atoms. The topological polar surface area (TPSA) is 37.9 Å². The lowest BCUT2D eigenvalue weighted by atomic mass is 9.78. The smallest absolute Gasteiger partial charge is 0.231 e. The van der Waals surface area contributed by atoms with Crippen molar-refractivity contribution in [2.24, 2.45) is 0 Å². The minimum absolute atomic E-state index is 0.0723. The van der Waals surface area contributed by atoms with Gasteiger partial charge in [-0.2, -0.15) is 0 Å². The number of amides is 1. The molecule has 2 atom stereocenters. The van der Waals surface area contributed by atoms with E-state index in [0.717, 1.165) is 13.0 Å². The Morgan fingerprint density at radius 3 is 2.23 bits per heavy atom. The van der Waals surface area contributed by atoms with Gasteiger partial charge in [0, 0.05) is 40.0 Å². The molecule has 5 heteroatoms. The summed E-state index contributed by atoms with van der Waals surface area (Å²) < 4.78 is 4.73. The van der Waals surface area contributed by atoms with Crippen LogP contribution in [0.2, 0.25) is 0 Å². The quantitative estimate of drug-likeness (QED) is 0.453. The average Bonchev–Trinajstić information content (AvgIpc) is 2.94. The molecule has 1 saturated carbocycles. The van der Waals surface area contributed by atoms with Crippen LogP contribution in [-0.4, -0.2) is 20.0 Å². The monoisotopic (exact) mass is 355 g/mol. The number of aromatic nitrogens is 2. The second-order valence-corrected chi connectivity index (χ2v) is 8.89. The van der Waals surface area contributed by atoms with Gasteiger partial charge >= 0.3 is 0 Å². The highest BCUT2D eigenvalue weighted by Crippen LogP contribution is 2.74. The number of benzene rings is 2. The molecule has 2 aromatic carbocycles. The number of hydrogen-bond acceptors (Lipinski definition) is 2. The summed E-state index contributed by atoms with van der Waals surface area (Å²) in [6.45, 7) is 0.760. The van der Waals surface area contributed by atoms with E-state index < -0.39 is 0 Å². The number of fused-ring (bicyclic) bond motifs is 6. The zero-order chi connectivity index (χ0) is 16.8. The van der Waals surface area contributed by atoms with Gasteiger partial charge in [-0.05, 0) is 24.1 Å². The van der Waals surface area contributed by atoms with Gasteiger partial charge in [-0.15, -0.1) is 0 Å². The molecule has 0 radical (unpaired) electrons. The first-order valence-electron chi connectivity index (χ1n) is 9.03. The maximum atomic E-state index is 13.1. The molecule has 124 valence electrons. The van der Waals surface area contributed by atoms with Gasteiger partial charge in [0.05, 0.1) is 27.5 Å². The third-order valence-corrected chi connectivity index (χ3v) is 8.24. The predicted molar refractivity (Wildman–Crippen MR) is 102 cm³/mol. The second-order valence-electron chi connectivity index (χ2n) is 8.00. The van der Waals surface area contributed by atoms with Gasteiger partial charge in [0.15, 0.2) is 0 Å². The van der Waals surface area contributed by atoms with E-state index in [0.29, 0.717) is 0 Å². The average molecular weight is 355 g/mol. The molecule has 8 rings (SSSR count). The first-order valence-corrected chi connectivity index (χ1v) is 9.76. The lowest BCUT2D eigenvalue weighted by molar-refractivity contribution is -0.122. The van der Waals surface area contributed by atoms with Gasteiger partial charge in [0.25, 0.3) is 0 Å². The number of para-hydroxylation sites is 2. The third-order valence-electron chi connectivity index (χ3n) is 7.15. The van der Waals surface area contributed by atoms with Crippen molar-refractivity contribution in [2.75, 3.05) is 6.54 Å². The van der Waals surface area contributed by atoms with Crippen molar-refractivity contribution < 1.29 is 4.79 Å². The molecule has 1 saturated heterocycles. The van der Waals surface area contributed by atoms with Crippen molar-refractivity contribution in [1.82, 2.24) is 12.9 Å². The fourth-order valence-electron chi connectivity index (χ4n) is 6.15. The van der Waals surface area contributed by atoms with Crippen LogP contribution in [0.25, 0.3) is 32.8 Å². The van der Waals surface area contributed by atoms with E-state index in [1.54, 1.807) is 11.7 Å². The Morgan fingerprint density at radius 1 is 0.885 bits per heavy atom. The van der Waals surface area contributed by atoms with Crippen LogP contribution >= 0.6 is 11.7 Å². The number of carbonyl (C=O) groups is 1. The molecule has 3 aromatic heterocycles. The molecular formula is C21H13N3OS. The van der Waals surface area contributed by atoms with Crippen molar-refractivity contribution in [3.05, 3.63) is 59.7 Å². The summed E-state index contributed by atoms with van der Waals surface area (Å²) in [5.41, 5.74) is 7.28. The highest BCUT2D eigenvalue weighted by molar-refractivity contribution is 7.02. The molecular weight excluding hydrogens is 342 g/mol. The molecule has 2 unspecified atom stereocenters. The minimum atomic E-state index is -0.375. The number of carbonyl (C=O) groups excluding carboxylic acids is 1. The maximum absolute atomic E-state index is 13.1. The van der Waals surface area contributed by atoms with Crippen LogP contribution in [0.5, 0.6) is 0 Å². The summed E-state index contributed by atoms with van der Waals surface area (Å²) >= 11 is 1.76. The summed E-state index contributed by atoms with van der Waals surface area (Å²) in [5, 5.41) is 5.77. The molecule has 2 fully saturated rings. The van der Waals surface area contributed by atoms with Crippen LogP contribution in [0.15, 0.2) is 48.5 Å². The van der Waals surface area contributed by atoms with Crippen molar-refractivity contribution in [3.8, 4) is 0 Å². The van der Waals surface area contributed by atoms with Crippen LogP contribution in [0, 0.1) is 0 Å². The molecule has 1 N–H and O–H groups in total. The fraction of sp³-hybridized carbons (Fsp3) is 0.190. The Morgan fingerprint density at radius 2 is 1.50 bits per heavy atom. The van der Waals surface area contributed by atoms with E-state index in [1.165, 1.54) is 44.0 Å². The maximum Gasteiger partial charge on any atom is 0.231 e. The molecule has 3 aliphatic rings. The molecule has 4 heterocycles. The van der Waals surface area contributed by atoms with Crippen molar-refractivity contribution in [2.45, 2.75) is 17.3 Å². The van der Waals surface area contributed by atoms with Gasteiger partial charge in [-0.25, -0.2) is 7.58 Å². The Hall–Kier alpha value is -2.79. The number of piperidine rings is 1. The highest BCUT2D eigenvalue weighted by Gasteiger charge is 2.80. The van der Waals surface area contributed by atoms with Gasteiger partial charge in [0.2, 0.25) is 5.91 Å². The Labute approximate surface area is 151 Å². The zero-order valence-electron chi connectivity index (χ0n) is 13.7. The lowest BCUT2D eigenvalue weighted by Crippen LogP contribution is -2.28. The summed E-state index contributed by atoms with van der Waals surface area (Å²) in [6, 6.07) is 17.2. The van der Waals surface area contributed by atoms with Crippen LogP contribution in [0.4, 0.5) is 0 Å². The molecule has 2 aliphatic carbocycles. The fourth-order valence-corrected chi connectivity index (χ4v) is 7.33. The largest absolute Gasteiger partial charge is 0.354 e. The van der Waals surface area contributed by atoms with Gasteiger partial charge in [0.1, 0.15) is 0 Å². The van der Waals surface area contributed by atoms with Gasteiger partial charge < -0.3 is 5.32 Å². The Bertz CT molecular complexity index is 1500. The molecule has 26 heavy (non-hydrogen) atoms. The van der Waals surface area contributed by atoms with Crippen molar-refractivity contribution >= 4 is 50.5 Å². The van der Waals surface area contributed by atoms with E-state index in [9.17, 15) is 4.79 Å². The van der Waals surface area contributed by atoms with Gasteiger partial charge in [-0.1, -0.05) is 36.4 Å². The van der Waals surface area contributed by atoms with Crippen LogP contribution in [-0.2, 0) is 15.6 Å². The van der Waals surface area contributed by atoms with Crippen LogP contribution in [0.3, 0.4) is 0 Å². The van der Waals surface area contributed by atoms with Crippen LogP contribution < -0.4 is 5.32 Å². The van der Waals surface area contributed by atoms with E-state index in [1.807, 2.05) is 0 Å². The summed E-state index contributed by atoms with van der Waals surface area (Å²) in [5.74, 6) is 0.219. The van der Waals surface area contributed by atoms with Crippen molar-refractivity contribution in [3.63, 3.8) is 0 Å². The number of rotatable bonds is 0. The first kappa shape index (κ1) is 12.5. The standard InChI is InChI=1S/C21H13N3OS/c25-19-21-9-20(21,10-22-19)15-11-5-1-3-7-13(11)23-17(15)18-16(21)12-6-2-4-8-14(12)24(18)26-23/h1-8H,9-10H2,(H,22,25). The molecule has 1 amide bonds. The molecule has 4 nitrogen and oxygen atoms in total. The lowest BCUT2D eigenvalue weighted by Gasteiger charge is -2.20. The highest BCUT2D eigenvalue weighted by atomic mass is 32.1. The molecule has 5 aromatic rings. The summed E-state index contributed by atoms with van der Waals surface area (Å²) in [6.07, 6.45) is 0.943. The molecule has 1 aliphatic heterocycles. The van der Waals surface area contributed by atoms with E-state index in [2.05, 4.69) is 61.4 Å². The number of hydrogen-bond donors (Lipinski definition) is 1. The van der Waals surface area contributed by atoms with E-state index in [-0.39, 0.29) is 16.7 Å². The molecule has 0 bridgehead atoms. The van der Waals surface area contributed by atoms with E-state index >= 15 is 0 Å². The Balaban J connectivity index is 1.79. The predicted octanol–water partition coefficient (Wildman–Crippen LogP) is 3.58. The second kappa shape index (κ2) is 3.40. The summed E-state index contributed by atoms with van der Waals surface area (Å²) in [4.78, 5) is 13.1. The number of nitrogens with zero attached hydrogens (tertiary/aromatic N) is 2.